The van der Waals surface area contributed by atoms with Gasteiger partial charge in [0.05, 0.1) is 10.0 Å². The van der Waals surface area contributed by atoms with Crippen molar-refractivity contribution in [3.63, 3.8) is 0 Å². The molecule has 0 aliphatic rings. The van der Waals surface area contributed by atoms with Gasteiger partial charge in [0.1, 0.15) is 12.7 Å². The molecule has 25 heavy (non-hydrogen) atoms. The summed E-state index contributed by atoms with van der Waals surface area (Å²) >= 11 is 11.9. The number of halogens is 2. The van der Waals surface area contributed by atoms with Crippen LogP contribution in [0.5, 0.6) is 11.8 Å². The second-order valence-electron chi connectivity index (χ2n) is 5.24. The van der Waals surface area contributed by atoms with E-state index in [-0.39, 0.29) is 12.7 Å². The van der Waals surface area contributed by atoms with Gasteiger partial charge >= 0.3 is 0 Å². The highest BCUT2D eigenvalue weighted by Gasteiger charge is 2.14. The van der Waals surface area contributed by atoms with Crippen LogP contribution in [0.1, 0.15) is 24.2 Å². The number of aromatic nitrogens is 3. The van der Waals surface area contributed by atoms with Crippen LogP contribution < -0.4 is 9.47 Å². The second-order valence-corrected chi connectivity index (χ2v) is 6.06. The molecule has 3 rings (SSSR count). The van der Waals surface area contributed by atoms with Gasteiger partial charge in [-0.15, -0.1) is 0 Å². The molecule has 0 radical (unpaired) electrons. The maximum Gasteiger partial charge on any atom is 0.278 e. The van der Waals surface area contributed by atoms with Crippen molar-refractivity contribution in [1.82, 2.24) is 15.0 Å². The van der Waals surface area contributed by atoms with Crippen LogP contribution >= 0.6 is 23.2 Å². The fourth-order valence-electron chi connectivity index (χ4n) is 2.14. The molecule has 0 amide bonds. The van der Waals surface area contributed by atoms with Crippen LogP contribution in [-0.2, 0) is 6.61 Å². The lowest BCUT2D eigenvalue weighted by Gasteiger charge is -2.16. The maximum atomic E-state index is 6.02. The predicted molar refractivity (Wildman–Crippen MR) is 96.1 cm³/mol. The van der Waals surface area contributed by atoms with Gasteiger partial charge < -0.3 is 9.47 Å². The Morgan fingerprint density at radius 2 is 1.64 bits per heavy atom. The van der Waals surface area contributed by atoms with Crippen LogP contribution in [0.2, 0.25) is 10.0 Å². The summed E-state index contributed by atoms with van der Waals surface area (Å²) in [6.07, 6.45) is 6.32. The number of pyridine rings is 1. The molecule has 0 bridgehead atoms. The maximum absolute atomic E-state index is 6.02. The van der Waals surface area contributed by atoms with Crippen molar-refractivity contribution in [2.24, 2.45) is 0 Å². The van der Waals surface area contributed by atoms with E-state index in [0.717, 1.165) is 11.1 Å². The SMILES string of the molecule is CC(Oc1nccnc1OCc1ccc(Cl)c(Cl)c1)c1ccncc1. The van der Waals surface area contributed by atoms with Gasteiger partial charge in [-0.2, -0.15) is 0 Å². The van der Waals surface area contributed by atoms with Crippen molar-refractivity contribution in [3.05, 3.63) is 76.3 Å². The lowest BCUT2D eigenvalue weighted by molar-refractivity contribution is 0.192. The summed E-state index contributed by atoms with van der Waals surface area (Å²) in [6.45, 7) is 2.20. The van der Waals surface area contributed by atoms with Gasteiger partial charge in [-0.1, -0.05) is 29.3 Å². The second kappa shape index (κ2) is 8.14. The van der Waals surface area contributed by atoms with Gasteiger partial charge in [0.25, 0.3) is 11.8 Å². The molecule has 3 aromatic rings. The van der Waals surface area contributed by atoms with Gasteiger partial charge in [0, 0.05) is 24.8 Å². The van der Waals surface area contributed by atoms with E-state index in [4.69, 9.17) is 32.7 Å². The number of hydrogen-bond acceptors (Lipinski definition) is 5. The highest BCUT2D eigenvalue weighted by Crippen LogP contribution is 2.28. The van der Waals surface area contributed by atoms with E-state index < -0.39 is 0 Å². The largest absolute Gasteiger partial charge is 0.469 e. The fraction of sp³-hybridized carbons (Fsp3) is 0.167. The average Bonchev–Trinajstić information content (AvgIpc) is 2.64. The Morgan fingerprint density at radius 1 is 0.920 bits per heavy atom. The van der Waals surface area contributed by atoms with Crippen LogP contribution in [-0.4, -0.2) is 15.0 Å². The zero-order valence-electron chi connectivity index (χ0n) is 13.4. The highest BCUT2D eigenvalue weighted by atomic mass is 35.5. The van der Waals surface area contributed by atoms with E-state index in [1.54, 1.807) is 36.9 Å². The van der Waals surface area contributed by atoms with E-state index in [9.17, 15) is 0 Å². The van der Waals surface area contributed by atoms with Gasteiger partial charge in [0.2, 0.25) is 0 Å². The number of nitrogens with zero attached hydrogens (tertiary/aromatic N) is 3. The molecule has 1 aromatic carbocycles. The van der Waals surface area contributed by atoms with Crippen LogP contribution in [0.3, 0.4) is 0 Å². The van der Waals surface area contributed by atoms with E-state index in [1.165, 1.54) is 0 Å². The highest BCUT2D eigenvalue weighted by molar-refractivity contribution is 6.42. The first-order valence-corrected chi connectivity index (χ1v) is 8.33. The smallest absolute Gasteiger partial charge is 0.278 e. The molecule has 0 aliphatic heterocycles. The van der Waals surface area contributed by atoms with Gasteiger partial charge in [-0.3, -0.25) is 4.98 Å². The first-order chi connectivity index (χ1) is 12.1. The number of ether oxygens (including phenoxy) is 2. The third kappa shape index (κ3) is 4.59. The third-order valence-electron chi connectivity index (χ3n) is 3.46. The van der Waals surface area contributed by atoms with Crippen LogP contribution in [0.15, 0.2) is 55.1 Å². The van der Waals surface area contributed by atoms with Gasteiger partial charge in [-0.25, -0.2) is 9.97 Å². The molecule has 1 atom stereocenters. The molecule has 2 aromatic heterocycles. The molecule has 2 heterocycles. The Labute approximate surface area is 155 Å². The zero-order valence-corrected chi connectivity index (χ0v) is 14.9. The summed E-state index contributed by atoms with van der Waals surface area (Å²) < 4.78 is 11.6. The lowest BCUT2D eigenvalue weighted by atomic mass is 10.2. The van der Waals surface area contributed by atoms with E-state index in [0.29, 0.717) is 21.8 Å². The minimum absolute atomic E-state index is 0.216. The molecular weight excluding hydrogens is 361 g/mol. The van der Waals surface area contributed by atoms with Crippen LogP contribution in [0.4, 0.5) is 0 Å². The minimum Gasteiger partial charge on any atom is -0.469 e. The molecule has 0 N–H and O–H groups in total. The predicted octanol–water partition coefficient (Wildman–Crippen LogP) is 4.90. The summed E-state index contributed by atoms with van der Waals surface area (Å²) in [5.74, 6) is 0.640. The number of hydrogen-bond donors (Lipinski definition) is 0. The monoisotopic (exact) mass is 375 g/mol. The summed E-state index contributed by atoms with van der Waals surface area (Å²) in [4.78, 5) is 12.4. The van der Waals surface area contributed by atoms with E-state index in [1.807, 2.05) is 25.1 Å². The summed E-state index contributed by atoms with van der Waals surface area (Å²) in [7, 11) is 0. The van der Waals surface area contributed by atoms with Crippen molar-refractivity contribution >= 4 is 23.2 Å². The summed E-state index contributed by atoms with van der Waals surface area (Å²) in [5, 5.41) is 0.977. The first-order valence-electron chi connectivity index (χ1n) is 7.58. The van der Waals surface area contributed by atoms with Crippen molar-refractivity contribution < 1.29 is 9.47 Å². The minimum atomic E-state index is -0.216. The number of rotatable bonds is 6. The Balaban J connectivity index is 1.71. The lowest BCUT2D eigenvalue weighted by Crippen LogP contribution is -2.07. The first kappa shape index (κ1) is 17.5. The zero-order chi connectivity index (χ0) is 17.6. The molecule has 0 saturated carbocycles. The third-order valence-corrected chi connectivity index (χ3v) is 4.20. The molecule has 0 spiro atoms. The molecule has 0 aliphatic carbocycles. The molecule has 5 nitrogen and oxygen atoms in total. The molecule has 1 unspecified atom stereocenters. The molecular formula is C18H15Cl2N3O2. The van der Waals surface area contributed by atoms with Gasteiger partial charge in [0.15, 0.2) is 0 Å². The van der Waals surface area contributed by atoms with Crippen molar-refractivity contribution in [2.45, 2.75) is 19.6 Å². The average molecular weight is 376 g/mol. The fourth-order valence-corrected chi connectivity index (χ4v) is 2.46. The van der Waals surface area contributed by atoms with Crippen LogP contribution in [0.25, 0.3) is 0 Å². The Kier molecular flexibility index (Phi) is 5.68. The van der Waals surface area contributed by atoms with E-state index >= 15 is 0 Å². The Bertz CT molecular complexity index is 847. The van der Waals surface area contributed by atoms with Crippen molar-refractivity contribution in [1.29, 1.82) is 0 Å². The van der Waals surface area contributed by atoms with Crippen LogP contribution in [0, 0.1) is 0 Å². The molecule has 7 heteroatoms. The van der Waals surface area contributed by atoms with Gasteiger partial charge in [-0.05, 0) is 42.3 Å². The standard InChI is InChI=1S/C18H15Cl2N3O2/c1-12(14-4-6-21-7-5-14)25-18-17(22-8-9-23-18)24-11-13-2-3-15(19)16(20)10-13/h2-10,12H,11H2,1H3. The Morgan fingerprint density at radius 3 is 2.36 bits per heavy atom. The molecule has 128 valence electrons. The quantitative estimate of drug-likeness (QED) is 0.613. The normalized spacial score (nSPS) is 11.8. The summed E-state index contributed by atoms with van der Waals surface area (Å²) in [6, 6.07) is 9.09. The van der Waals surface area contributed by atoms with E-state index in [2.05, 4.69) is 15.0 Å². The number of benzene rings is 1. The molecule has 0 saturated heterocycles. The topological polar surface area (TPSA) is 57.1 Å². The molecule has 0 fully saturated rings. The Hall–Kier alpha value is -2.37. The summed E-state index contributed by atoms with van der Waals surface area (Å²) in [5.41, 5.74) is 1.85. The van der Waals surface area contributed by atoms with Crippen molar-refractivity contribution in [3.8, 4) is 11.8 Å². The van der Waals surface area contributed by atoms with Crippen molar-refractivity contribution in [2.75, 3.05) is 0 Å².